The lowest BCUT2D eigenvalue weighted by Gasteiger charge is -2.40. The van der Waals surface area contributed by atoms with Crippen molar-refractivity contribution >= 4 is 38.4 Å². The Hall–Kier alpha value is -2.18. The summed E-state index contributed by atoms with van der Waals surface area (Å²) in [5, 5.41) is 2.06. The number of rotatable bonds is 3. The maximum atomic E-state index is 13.1. The lowest BCUT2D eigenvalue weighted by atomic mass is 9.94. The quantitative estimate of drug-likeness (QED) is 0.637. The van der Waals surface area contributed by atoms with E-state index in [1.165, 1.54) is 43.4 Å². The molecule has 2 aliphatic rings. The van der Waals surface area contributed by atoms with Crippen LogP contribution < -0.4 is 4.74 Å². The van der Waals surface area contributed by atoms with E-state index in [9.17, 15) is 4.79 Å². The first kappa shape index (κ1) is 18.8. The molecule has 6 heteroatoms. The summed E-state index contributed by atoms with van der Waals surface area (Å²) in [5.41, 5.74) is 0.931. The Kier molecular flexibility index (Phi) is 5.14. The summed E-state index contributed by atoms with van der Waals surface area (Å²) in [6.45, 7) is 3.67. The van der Waals surface area contributed by atoms with E-state index in [2.05, 4.69) is 11.0 Å². The van der Waals surface area contributed by atoms with Crippen molar-refractivity contribution in [3.8, 4) is 5.75 Å². The Morgan fingerprint density at radius 3 is 2.59 bits per heavy atom. The standard InChI is InChI=1S/C23H27N3O2S/c1-28-19-7-8-20-16(14-19)13-17-15-21(29-22(17)24-20)23(27)26-11-9-25(10-12-26)18-5-3-2-4-6-18/h7-8,13-15,18H,2-6,9-12H2,1H3. The topological polar surface area (TPSA) is 45.7 Å². The number of ether oxygens (including phenoxy) is 1. The minimum Gasteiger partial charge on any atom is -0.497 e. The highest BCUT2D eigenvalue weighted by Crippen LogP contribution is 2.30. The second-order valence-corrected chi connectivity index (χ2v) is 9.20. The highest BCUT2D eigenvalue weighted by atomic mass is 32.1. The fourth-order valence-electron chi connectivity index (χ4n) is 4.74. The predicted molar refractivity (Wildman–Crippen MR) is 118 cm³/mol. The normalized spacial score (nSPS) is 19.1. The van der Waals surface area contributed by atoms with Crippen LogP contribution in [-0.4, -0.2) is 60.0 Å². The molecule has 0 radical (unpaired) electrons. The van der Waals surface area contributed by atoms with Gasteiger partial charge in [0.2, 0.25) is 0 Å². The molecule has 1 saturated heterocycles. The molecule has 5 rings (SSSR count). The van der Waals surface area contributed by atoms with E-state index in [1.807, 2.05) is 29.2 Å². The number of hydrogen-bond donors (Lipinski definition) is 0. The van der Waals surface area contributed by atoms with Crippen molar-refractivity contribution in [2.45, 2.75) is 38.1 Å². The van der Waals surface area contributed by atoms with E-state index in [-0.39, 0.29) is 5.91 Å². The molecule has 2 aromatic heterocycles. The summed E-state index contributed by atoms with van der Waals surface area (Å²) < 4.78 is 5.32. The van der Waals surface area contributed by atoms with Gasteiger partial charge in [-0.15, -0.1) is 11.3 Å². The first-order chi connectivity index (χ1) is 14.2. The average molecular weight is 410 g/mol. The number of carbonyl (C=O) groups is 1. The molecule has 1 aromatic carbocycles. The van der Waals surface area contributed by atoms with E-state index in [1.54, 1.807) is 7.11 Å². The lowest BCUT2D eigenvalue weighted by molar-refractivity contribution is 0.0527. The van der Waals surface area contributed by atoms with Crippen LogP contribution in [0.1, 0.15) is 41.8 Å². The van der Waals surface area contributed by atoms with Crippen LogP contribution in [-0.2, 0) is 0 Å². The molecule has 0 N–H and O–H groups in total. The van der Waals surface area contributed by atoms with Crippen molar-refractivity contribution in [2.24, 2.45) is 0 Å². The monoisotopic (exact) mass is 409 g/mol. The largest absolute Gasteiger partial charge is 0.497 e. The Morgan fingerprint density at radius 1 is 1.03 bits per heavy atom. The molecular weight excluding hydrogens is 382 g/mol. The molecular formula is C23H27N3O2S. The Balaban J connectivity index is 1.32. The Morgan fingerprint density at radius 2 is 1.83 bits per heavy atom. The molecule has 1 aliphatic heterocycles. The summed E-state index contributed by atoms with van der Waals surface area (Å²) in [6.07, 6.45) is 6.76. The number of thiophene rings is 1. The molecule has 1 amide bonds. The second kappa shape index (κ2) is 7.92. The van der Waals surface area contributed by atoms with E-state index < -0.39 is 0 Å². The number of methoxy groups -OCH3 is 1. The summed E-state index contributed by atoms with van der Waals surface area (Å²) >= 11 is 1.51. The molecule has 1 aliphatic carbocycles. The molecule has 2 fully saturated rings. The zero-order chi connectivity index (χ0) is 19.8. The van der Waals surface area contributed by atoms with Crippen LogP contribution in [0.25, 0.3) is 21.1 Å². The van der Waals surface area contributed by atoms with E-state index >= 15 is 0 Å². The van der Waals surface area contributed by atoms with E-state index in [0.29, 0.717) is 0 Å². The predicted octanol–water partition coefficient (Wildman–Crippen LogP) is 4.55. The van der Waals surface area contributed by atoms with Crippen molar-refractivity contribution in [1.82, 2.24) is 14.8 Å². The molecule has 3 aromatic rings. The van der Waals surface area contributed by atoms with Crippen molar-refractivity contribution in [3.05, 3.63) is 35.2 Å². The molecule has 0 bridgehead atoms. The van der Waals surface area contributed by atoms with Gasteiger partial charge >= 0.3 is 0 Å². The maximum absolute atomic E-state index is 13.1. The number of nitrogens with zero attached hydrogens (tertiary/aromatic N) is 3. The molecule has 0 spiro atoms. The number of hydrogen-bond acceptors (Lipinski definition) is 5. The number of pyridine rings is 1. The van der Waals surface area contributed by atoms with E-state index in [4.69, 9.17) is 9.72 Å². The fourth-order valence-corrected chi connectivity index (χ4v) is 5.73. The second-order valence-electron chi connectivity index (χ2n) is 8.17. The van der Waals surface area contributed by atoms with Gasteiger partial charge in [-0.05, 0) is 43.2 Å². The summed E-state index contributed by atoms with van der Waals surface area (Å²) in [7, 11) is 1.67. The number of piperazine rings is 1. The van der Waals surface area contributed by atoms with E-state index in [0.717, 1.165) is 64.0 Å². The number of carbonyl (C=O) groups excluding carboxylic acids is 1. The Bertz CT molecular complexity index is 1030. The summed E-state index contributed by atoms with van der Waals surface area (Å²) in [5.74, 6) is 0.971. The lowest BCUT2D eigenvalue weighted by Crippen LogP contribution is -2.52. The van der Waals surface area contributed by atoms with Gasteiger partial charge in [-0.1, -0.05) is 19.3 Å². The third kappa shape index (κ3) is 3.71. The Labute approximate surface area is 175 Å². The molecule has 29 heavy (non-hydrogen) atoms. The average Bonchev–Trinajstić information content (AvgIpc) is 3.20. The zero-order valence-electron chi connectivity index (χ0n) is 16.9. The number of amides is 1. The van der Waals surface area contributed by atoms with Crippen LogP contribution >= 0.6 is 11.3 Å². The van der Waals surface area contributed by atoms with Crippen LogP contribution in [0.4, 0.5) is 0 Å². The molecule has 0 unspecified atom stereocenters. The van der Waals surface area contributed by atoms with Gasteiger partial charge in [0, 0.05) is 43.0 Å². The van der Waals surface area contributed by atoms with Crippen molar-refractivity contribution in [2.75, 3.05) is 33.3 Å². The van der Waals surface area contributed by atoms with Crippen molar-refractivity contribution < 1.29 is 9.53 Å². The zero-order valence-corrected chi connectivity index (χ0v) is 17.7. The van der Waals surface area contributed by atoms with Crippen LogP contribution in [0, 0.1) is 0 Å². The van der Waals surface area contributed by atoms with Gasteiger partial charge in [0.15, 0.2) is 0 Å². The summed E-state index contributed by atoms with van der Waals surface area (Å²) in [4.78, 5) is 24.2. The number of fused-ring (bicyclic) bond motifs is 2. The minimum absolute atomic E-state index is 0.151. The number of benzene rings is 1. The first-order valence-electron chi connectivity index (χ1n) is 10.6. The molecule has 5 nitrogen and oxygen atoms in total. The molecule has 152 valence electrons. The van der Waals surface area contributed by atoms with Crippen LogP contribution in [0.2, 0.25) is 0 Å². The maximum Gasteiger partial charge on any atom is 0.264 e. The molecule has 1 saturated carbocycles. The molecule has 3 heterocycles. The van der Waals surface area contributed by atoms with Gasteiger partial charge in [-0.25, -0.2) is 4.98 Å². The van der Waals surface area contributed by atoms with Gasteiger partial charge in [0.1, 0.15) is 10.6 Å². The van der Waals surface area contributed by atoms with Gasteiger partial charge < -0.3 is 9.64 Å². The fraction of sp³-hybridized carbons (Fsp3) is 0.478. The van der Waals surface area contributed by atoms with Gasteiger partial charge in [-0.2, -0.15) is 0 Å². The number of aromatic nitrogens is 1. The van der Waals surface area contributed by atoms with Crippen molar-refractivity contribution in [1.29, 1.82) is 0 Å². The van der Waals surface area contributed by atoms with Crippen LogP contribution in [0.15, 0.2) is 30.3 Å². The minimum atomic E-state index is 0.151. The third-order valence-corrected chi connectivity index (χ3v) is 7.44. The highest BCUT2D eigenvalue weighted by Gasteiger charge is 2.28. The summed E-state index contributed by atoms with van der Waals surface area (Å²) in [6, 6.07) is 10.7. The van der Waals surface area contributed by atoms with Crippen LogP contribution in [0.3, 0.4) is 0 Å². The SMILES string of the molecule is COc1ccc2nc3sc(C(=O)N4CCN(C5CCCCC5)CC4)cc3cc2c1. The van der Waals surface area contributed by atoms with Crippen molar-refractivity contribution in [3.63, 3.8) is 0 Å². The third-order valence-electron chi connectivity index (χ3n) is 6.41. The van der Waals surface area contributed by atoms with Gasteiger partial charge in [0.25, 0.3) is 5.91 Å². The smallest absolute Gasteiger partial charge is 0.264 e. The van der Waals surface area contributed by atoms with Gasteiger partial charge in [-0.3, -0.25) is 9.69 Å². The molecule has 0 atom stereocenters. The highest BCUT2D eigenvalue weighted by molar-refractivity contribution is 7.20. The first-order valence-corrected chi connectivity index (χ1v) is 11.4. The van der Waals surface area contributed by atoms with Gasteiger partial charge in [0.05, 0.1) is 17.5 Å². The van der Waals surface area contributed by atoms with Crippen LogP contribution in [0.5, 0.6) is 5.75 Å².